The van der Waals surface area contributed by atoms with Crippen LogP contribution in [-0.4, -0.2) is 88.0 Å². The van der Waals surface area contributed by atoms with E-state index in [1.807, 2.05) is 6.92 Å². The van der Waals surface area contributed by atoms with Gasteiger partial charge in [0.25, 0.3) is 0 Å². The van der Waals surface area contributed by atoms with Crippen molar-refractivity contribution in [2.45, 2.75) is 26.2 Å². The molecule has 8 nitrogen and oxygen atoms in total. The molecular weight excluding hydrogens is 366 g/mol. The maximum Gasteiger partial charge on any atom is 0.230 e. The minimum absolute atomic E-state index is 0.0361. The Labute approximate surface area is 150 Å². The Balaban J connectivity index is 1.97. The molecule has 0 aromatic rings. The lowest BCUT2D eigenvalue weighted by atomic mass is 9.60. The molecule has 0 aliphatic carbocycles. The SMILES string of the molecule is CCN1CC[C@@]2(CN(S(C)(=O)=O)CC23CCN(S(C)(=O)=O)CC3)C1=O. The van der Waals surface area contributed by atoms with Gasteiger partial charge in [0, 0.05) is 44.7 Å². The molecule has 0 radical (unpaired) electrons. The predicted molar refractivity (Wildman–Crippen MR) is 93.8 cm³/mol. The van der Waals surface area contributed by atoms with Crippen LogP contribution in [0.3, 0.4) is 0 Å². The van der Waals surface area contributed by atoms with Crippen LogP contribution in [0.1, 0.15) is 26.2 Å². The maximum atomic E-state index is 13.2. The molecule has 0 bridgehead atoms. The zero-order valence-electron chi connectivity index (χ0n) is 15.1. The van der Waals surface area contributed by atoms with Crippen LogP contribution in [0.5, 0.6) is 0 Å². The highest BCUT2D eigenvalue weighted by atomic mass is 32.2. The van der Waals surface area contributed by atoms with Crippen molar-refractivity contribution in [2.24, 2.45) is 10.8 Å². The molecule has 1 atom stereocenters. The fourth-order valence-corrected chi connectivity index (χ4v) is 6.69. The summed E-state index contributed by atoms with van der Waals surface area (Å²) >= 11 is 0. The number of carbonyl (C=O) groups excluding carboxylic acids is 1. The van der Waals surface area contributed by atoms with Gasteiger partial charge in [0.05, 0.1) is 17.9 Å². The first-order valence-electron chi connectivity index (χ1n) is 8.65. The number of nitrogens with zero attached hydrogens (tertiary/aromatic N) is 3. The minimum atomic E-state index is -3.40. The summed E-state index contributed by atoms with van der Waals surface area (Å²) in [6, 6.07) is 0. The lowest BCUT2D eigenvalue weighted by molar-refractivity contribution is -0.141. The molecule has 0 aromatic heterocycles. The normalized spacial score (nSPS) is 31.5. The molecule has 25 heavy (non-hydrogen) atoms. The van der Waals surface area contributed by atoms with E-state index >= 15 is 0 Å². The van der Waals surface area contributed by atoms with E-state index < -0.39 is 30.9 Å². The molecule has 1 amide bonds. The number of hydrogen-bond acceptors (Lipinski definition) is 5. The van der Waals surface area contributed by atoms with E-state index in [4.69, 9.17) is 0 Å². The van der Waals surface area contributed by atoms with Crippen LogP contribution in [0.2, 0.25) is 0 Å². The third-order valence-electron chi connectivity index (χ3n) is 6.44. The number of carbonyl (C=O) groups is 1. The Hall–Kier alpha value is -0.710. The Morgan fingerprint density at radius 2 is 1.44 bits per heavy atom. The molecule has 10 heteroatoms. The quantitative estimate of drug-likeness (QED) is 0.647. The van der Waals surface area contributed by atoms with Crippen LogP contribution < -0.4 is 0 Å². The van der Waals surface area contributed by atoms with Gasteiger partial charge in [-0.3, -0.25) is 4.79 Å². The molecule has 2 spiro atoms. The fraction of sp³-hybridized carbons (Fsp3) is 0.933. The number of likely N-dealkylation sites (tertiary alicyclic amines) is 1. The molecule has 3 saturated heterocycles. The Kier molecular flexibility index (Phi) is 4.50. The molecule has 3 aliphatic rings. The molecule has 3 aliphatic heterocycles. The number of fused-ring (bicyclic) bond motifs is 1. The predicted octanol–water partition coefficient (Wildman–Crippen LogP) is -0.458. The van der Waals surface area contributed by atoms with Gasteiger partial charge >= 0.3 is 0 Å². The van der Waals surface area contributed by atoms with Crippen molar-refractivity contribution in [2.75, 3.05) is 51.8 Å². The second-order valence-corrected chi connectivity index (χ2v) is 11.7. The van der Waals surface area contributed by atoms with Gasteiger partial charge in [-0.25, -0.2) is 25.4 Å². The first-order valence-corrected chi connectivity index (χ1v) is 12.3. The molecule has 3 heterocycles. The summed E-state index contributed by atoms with van der Waals surface area (Å²) in [6.45, 7) is 4.41. The van der Waals surface area contributed by atoms with Gasteiger partial charge in [-0.1, -0.05) is 0 Å². The zero-order chi connectivity index (χ0) is 18.7. The number of amides is 1. The van der Waals surface area contributed by atoms with Crippen LogP contribution >= 0.6 is 0 Å². The third-order valence-corrected chi connectivity index (χ3v) is 8.94. The van der Waals surface area contributed by atoms with E-state index in [-0.39, 0.29) is 12.5 Å². The van der Waals surface area contributed by atoms with Crippen LogP contribution in [0.15, 0.2) is 0 Å². The molecule has 3 rings (SSSR count). The highest BCUT2D eigenvalue weighted by molar-refractivity contribution is 7.88. The standard InChI is InChI=1S/C15H27N3O5S2/c1-4-16-8-7-15(13(16)19)12-18(25(3,22)23)11-14(15)5-9-17(10-6-14)24(2,20)21/h4-12H2,1-3H3/t15-/m1/s1. The number of rotatable bonds is 3. The molecular formula is C15H27N3O5S2. The van der Waals surface area contributed by atoms with Crippen molar-refractivity contribution in [3.63, 3.8) is 0 Å². The largest absolute Gasteiger partial charge is 0.342 e. The highest BCUT2D eigenvalue weighted by Crippen LogP contribution is 2.58. The summed E-state index contributed by atoms with van der Waals surface area (Å²) in [5.41, 5.74) is -1.19. The minimum Gasteiger partial charge on any atom is -0.342 e. The number of piperidine rings is 1. The molecule has 0 N–H and O–H groups in total. The molecule has 0 aromatic carbocycles. The van der Waals surface area contributed by atoms with Gasteiger partial charge < -0.3 is 4.90 Å². The van der Waals surface area contributed by atoms with Gasteiger partial charge in [0.2, 0.25) is 26.0 Å². The Morgan fingerprint density at radius 1 is 0.880 bits per heavy atom. The third kappa shape index (κ3) is 2.90. The molecule has 0 saturated carbocycles. The van der Waals surface area contributed by atoms with Gasteiger partial charge in [0.15, 0.2) is 0 Å². The van der Waals surface area contributed by atoms with E-state index in [1.54, 1.807) is 4.90 Å². The highest BCUT2D eigenvalue weighted by Gasteiger charge is 2.66. The molecule has 3 fully saturated rings. The first-order chi connectivity index (χ1) is 11.5. The van der Waals surface area contributed by atoms with Gasteiger partial charge in [-0.15, -0.1) is 0 Å². The first kappa shape index (κ1) is 19.1. The van der Waals surface area contributed by atoms with Gasteiger partial charge in [-0.2, -0.15) is 0 Å². The van der Waals surface area contributed by atoms with E-state index in [1.165, 1.54) is 21.1 Å². The molecule has 0 unspecified atom stereocenters. The summed E-state index contributed by atoms with van der Waals surface area (Å²) in [4.78, 5) is 15.0. The van der Waals surface area contributed by atoms with E-state index in [9.17, 15) is 21.6 Å². The average molecular weight is 394 g/mol. The van der Waals surface area contributed by atoms with E-state index in [0.29, 0.717) is 52.0 Å². The maximum absolute atomic E-state index is 13.2. The second-order valence-electron chi connectivity index (χ2n) is 7.69. The van der Waals surface area contributed by atoms with Crippen molar-refractivity contribution >= 4 is 26.0 Å². The van der Waals surface area contributed by atoms with Crippen molar-refractivity contribution in [3.8, 4) is 0 Å². The monoisotopic (exact) mass is 393 g/mol. The average Bonchev–Trinajstić information content (AvgIpc) is 2.99. The van der Waals surface area contributed by atoms with Crippen LogP contribution in [0, 0.1) is 10.8 Å². The van der Waals surface area contributed by atoms with Crippen LogP contribution in [0.4, 0.5) is 0 Å². The van der Waals surface area contributed by atoms with Crippen LogP contribution in [-0.2, 0) is 24.8 Å². The summed E-state index contributed by atoms with van der Waals surface area (Å²) in [5, 5.41) is 0. The van der Waals surface area contributed by atoms with Crippen molar-refractivity contribution in [1.29, 1.82) is 0 Å². The Morgan fingerprint density at radius 3 is 1.88 bits per heavy atom. The lowest BCUT2D eigenvalue weighted by Crippen LogP contribution is -2.53. The van der Waals surface area contributed by atoms with E-state index in [2.05, 4.69) is 0 Å². The van der Waals surface area contributed by atoms with Crippen molar-refractivity contribution < 1.29 is 21.6 Å². The lowest BCUT2D eigenvalue weighted by Gasteiger charge is -2.46. The summed E-state index contributed by atoms with van der Waals surface area (Å²) in [6.07, 6.45) is 4.06. The summed E-state index contributed by atoms with van der Waals surface area (Å²) in [7, 11) is -6.67. The smallest absolute Gasteiger partial charge is 0.230 e. The Bertz CT molecular complexity index is 771. The van der Waals surface area contributed by atoms with Gasteiger partial charge in [-0.05, 0) is 26.2 Å². The number of sulfonamides is 2. The second kappa shape index (κ2) is 5.90. The van der Waals surface area contributed by atoms with E-state index in [0.717, 1.165) is 0 Å². The fourth-order valence-electron chi connectivity index (χ4n) is 4.91. The van der Waals surface area contributed by atoms with Crippen molar-refractivity contribution in [3.05, 3.63) is 0 Å². The summed E-state index contributed by atoms with van der Waals surface area (Å²) < 4.78 is 50.9. The van der Waals surface area contributed by atoms with Gasteiger partial charge in [0.1, 0.15) is 0 Å². The molecule has 144 valence electrons. The topological polar surface area (TPSA) is 95.1 Å². The van der Waals surface area contributed by atoms with Crippen molar-refractivity contribution in [1.82, 2.24) is 13.5 Å². The summed E-state index contributed by atoms with van der Waals surface area (Å²) in [5.74, 6) is 0.0361. The zero-order valence-corrected chi connectivity index (χ0v) is 16.7. The number of hydrogen-bond donors (Lipinski definition) is 0. The van der Waals surface area contributed by atoms with Crippen LogP contribution in [0.25, 0.3) is 0 Å².